The Hall–Kier alpha value is -1.61. The van der Waals surface area contributed by atoms with Crippen LogP contribution in [0.25, 0.3) is 0 Å². The fourth-order valence-electron chi connectivity index (χ4n) is 1.69. The predicted molar refractivity (Wildman–Crippen MR) is 67.3 cm³/mol. The summed E-state index contributed by atoms with van der Waals surface area (Å²) in [6.45, 7) is 4.65. The number of benzene rings is 1. The molecule has 0 radical (unpaired) electrons. The summed E-state index contributed by atoms with van der Waals surface area (Å²) in [5, 5.41) is 0.226. The molecule has 3 nitrogen and oxygen atoms in total. The summed E-state index contributed by atoms with van der Waals surface area (Å²) in [4.78, 5) is 7.71. The summed E-state index contributed by atoms with van der Waals surface area (Å²) < 4.78 is 5.57. The van der Waals surface area contributed by atoms with E-state index in [0.29, 0.717) is 12.4 Å². The summed E-state index contributed by atoms with van der Waals surface area (Å²) in [7, 11) is 0. The molecule has 0 unspecified atom stereocenters. The van der Waals surface area contributed by atoms with Crippen molar-refractivity contribution < 1.29 is 4.74 Å². The highest BCUT2D eigenvalue weighted by molar-refractivity contribution is 6.28. The summed E-state index contributed by atoms with van der Waals surface area (Å²) in [6.07, 6.45) is 3.13. The summed E-state index contributed by atoms with van der Waals surface area (Å²) in [5.41, 5.74) is 3.60. The molecule has 2 aromatic rings. The molecule has 0 spiro atoms. The molecular formula is C13H13ClN2O. The van der Waals surface area contributed by atoms with Crippen LogP contribution in [0.4, 0.5) is 0 Å². The van der Waals surface area contributed by atoms with E-state index in [1.165, 1.54) is 11.1 Å². The van der Waals surface area contributed by atoms with Crippen molar-refractivity contribution >= 4 is 11.6 Å². The van der Waals surface area contributed by atoms with Crippen LogP contribution < -0.4 is 4.74 Å². The van der Waals surface area contributed by atoms with E-state index in [0.717, 1.165) is 5.56 Å². The second-order valence-electron chi connectivity index (χ2n) is 3.97. The molecule has 4 heteroatoms. The minimum Gasteiger partial charge on any atom is -0.486 e. The average molecular weight is 249 g/mol. The zero-order chi connectivity index (χ0) is 12.3. The minimum atomic E-state index is 0.226. The van der Waals surface area contributed by atoms with Crippen LogP contribution in [0.5, 0.6) is 5.75 Å². The van der Waals surface area contributed by atoms with Gasteiger partial charge in [0.25, 0.3) is 0 Å². The first-order chi connectivity index (χ1) is 8.13. The van der Waals surface area contributed by atoms with Crippen LogP contribution in [-0.2, 0) is 6.61 Å². The number of hydrogen-bond acceptors (Lipinski definition) is 3. The van der Waals surface area contributed by atoms with Crippen molar-refractivity contribution in [2.24, 2.45) is 0 Å². The molecule has 0 aliphatic heterocycles. The lowest BCUT2D eigenvalue weighted by molar-refractivity contribution is 0.303. The smallest absolute Gasteiger partial charge is 0.222 e. The SMILES string of the molecule is Cc1cc(C)cc(COc2cnc(Cl)nc2)c1. The maximum absolute atomic E-state index is 5.59. The van der Waals surface area contributed by atoms with Crippen LogP contribution in [0.3, 0.4) is 0 Å². The van der Waals surface area contributed by atoms with E-state index in [2.05, 4.69) is 42.0 Å². The molecule has 0 bridgehead atoms. The average Bonchev–Trinajstić information content (AvgIpc) is 2.27. The topological polar surface area (TPSA) is 35.0 Å². The van der Waals surface area contributed by atoms with Gasteiger partial charge >= 0.3 is 0 Å². The van der Waals surface area contributed by atoms with Crippen molar-refractivity contribution in [2.75, 3.05) is 0 Å². The van der Waals surface area contributed by atoms with Gasteiger partial charge in [-0.1, -0.05) is 29.3 Å². The third-order valence-corrected chi connectivity index (χ3v) is 2.48. The van der Waals surface area contributed by atoms with Gasteiger partial charge in [-0.3, -0.25) is 0 Å². The minimum absolute atomic E-state index is 0.226. The van der Waals surface area contributed by atoms with Gasteiger partial charge in [-0.25, -0.2) is 9.97 Å². The highest BCUT2D eigenvalue weighted by Crippen LogP contribution is 2.13. The van der Waals surface area contributed by atoms with Gasteiger partial charge in [0.05, 0.1) is 12.4 Å². The zero-order valence-electron chi connectivity index (χ0n) is 9.77. The number of hydrogen-bond donors (Lipinski definition) is 0. The summed E-state index contributed by atoms with van der Waals surface area (Å²) in [5.74, 6) is 0.619. The van der Waals surface area contributed by atoms with Crippen LogP contribution in [0.2, 0.25) is 5.28 Å². The third-order valence-electron chi connectivity index (χ3n) is 2.28. The predicted octanol–water partition coefficient (Wildman–Crippen LogP) is 3.33. The monoisotopic (exact) mass is 248 g/mol. The molecule has 0 aliphatic carbocycles. The van der Waals surface area contributed by atoms with Gasteiger partial charge in [-0.05, 0) is 31.0 Å². The number of aromatic nitrogens is 2. The van der Waals surface area contributed by atoms with Crippen molar-refractivity contribution in [2.45, 2.75) is 20.5 Å². The Labute approximate surface area is 105 Å². The first-order valence-corrected chi connectivity index (χ1v) is 5.69. The maximum atomic E-state index is 5.59. The molecule has 1 aromatic carbocycles. The normalized spacial score (nSPS) is 10.3. The summed E-state index contributed by atoms with van der Waals surface area (Å²) in [6, 6.07) is 6.34. The van der Waals surface area contributed by atoms with Crippen molar-refractivity contribution in [3.05, 3.63) is 52.6 Å². The molecule has 2 rings (SSSR count). The Bertz CT molecular complexity index is 491. The molecule has 1 aromatic heterocycles. The largest absolute Gasteiger partial charge is 0.486 e. The second-order valence-corrected chi connectivity index (χ2v) is 4.31. The zero-order valence-corrected chi connectivity index (χ0v) is 10.5. The Morgan fingerprint density at radius 2 is 1.65 bits per heavy atom. The van der Waals surface area contributed by atoms with Crippen LogP contribution in [-0.4, -0.2) is 9.97 Å². The fraction of sp³-hybridized carbons (Fsp3) is 0.231. The van der Waals surface area contributed by atoms with E-state index in [1.807, 2.05) is 0 Å². The molecule has 0 saturated heterocycles. The lowest BCUT2D eigenvalue weighted by Crippen LogP contribution is -1.97. The van der Waals surface area contributed by atoms with E-state index in [-0.39, 0.29) is 5.28 Å². The van der Waals surface area contributed by atoms with Gasteiger partial charge in [-0.2, -0.15) is 0 Å². The number of nitrogens with zero attached hydrogens (tertiary/aromatic N) is 2. The number of rotatable bonds is 3. The molecular weight excluding hydrogens is 236 g/mol. The van der Waals surface area contributed by atoms with Crippen LogP contribution in [0.15, 0.2) is 30.6 Å². The van der Waals surface area contributed by atoms with Gasteiger partial charge in [0.15, 0.2) is 5.75 Å². The lowest BCUT2D eigenvalue weighted by Gasteiger charge is -2.07. The first-order valence-electron chi connectivity index (χ1n) is 5.31. The van der Waals surface area contributed by atoms with Crippen LogP contribution in [0.1, 0.15) is 16.7 Å². The van der Waals surface area contributed by atoms with Crippen molar-refractivity contribution in [1.29, 1.82) is 0 Å². The molecule has 0 saturated carbocycles. The first kappa shape index (κ1) is 11.9. The quantitative estimate of drug-likeness (QED) is 0.782. The molecule has 17 heavy (non-hydrogen) atoms. The molecule has 88 valence electrons. The maximum Gasteiger partial charge on any atom is 0.222 e. The van der Waals surface area contributed by atoms with Crippen LogP contribution in [0, 0.1) is 13.8 Å². The molecule has 1 heterocycles. The van der Waals surface area contributed by atoms with E-state index in [4.69, 9.17) is 16.3 Å². The Balaban J connectivity index is 2.04. The second kappa shape index (κ2) is 5.15. The van der Waals surface area contributed by atoms with Gasteiger partial charge in [-0.15, -0.1) is 0 Å². The molecule has 0 atom stereocenters. The number of aryl methyl sites for hydroxylation is 2. The van der Waals surface area contributed by atoms with Crippen molar-refractivity contribution in [3.63, 3.8) is 0 Å². The third kappa shape index (κ3) is 3.43. The number of ether oxygens (including phenoxy) is 1. The summed E-state index contributed by atoms with van der Waals surface area (Å²) >= 11 is 5.59. The van der Waals surface area contributed by atoms with Gasteiger partial charge < -0.3 is 4.74 Å². The Morgan fingerprint density at radius 3 is 2.24 bits per heavy atom. The standard InChI is InChI=1S/C13H13ClN2O/c1-9-3-10(2)5-11(4-9)8-17-12-6-15-13(14)16-7-12/h3-7H,8H2,1-2H3. The molecule has 0 fully saturated rings. The van der Waals surface area contributed by atoms with E-state index in [9.17, 15) is 0 Å². The van der Waals surface area contributed by atoms with Crippen molar-refractivity contribution in [3.8, 4) is 5.75 Å². The highest BCUT2D eigenvalue weighted by atomic mass is 35.5. The van der Waals surface area contributed by atoms with Crippen molar-refractivity contribution in [1.82, 2.24) is 9.97 Å². The van der Waals surface area contributed by atoms with E-state index < -0.39 is 0 Å². The molecule has 0 aliphatic rings. The molecule has 0 amide bonds. The fourth-order valence-corrected chi connectivity index (χ4v) is 1.79. The Kier molecular flexibility index (Phi) is 3.59. The highest BCUT2D eigenvalue weighted by Gasteiger charge is 1.99. The number of halogens is 1. The van der Waals surface area contributed by atoms with Crippen LogP contribution >= 0.6 is 11.6 Å². The van der Waals surface area contributed by atoms with Gasteiger partial charge in [0.1, 0.15) is 6.61 Å². The lowest BCUT2D eigenvalue weighted by atomic mass is 10.1. The van der Waals surface area contributed by atoms with Gasteiger partial charge in [0, 0.05) is 0 Å². The Morgan fingerprint density at radius 1 is 1.06 bits per heavy atom. The van der Waals surface area contributed by atoms with E-state index in [1.54, 1.807) is 12.4 Å². The molecule has 0 N–H and O–H groups in total. The van der Waals surface area contributed by atoms with E-state index >= 15 is 0 Å². The van der Waals surface area contributed by atoms with Gasteiger partial charge in [0.2, 0.25) is 5.28 Å².